The van der Waals surface area contributed by atoms with E-state index >= 15 is 0 Å². The highest BCUT2D eigenvalue weighted by Gasteiger charge is 2.26. The van der Waals surface area contributed by atoms with Crippen molar-refractivity contribution in [2.45, 2.75) is 13.3 Å². The van der Waals surface area contributed by atoms with E-state index in [2.05, 4.69) is 4.99 Å². The highest BCUT2D eigenvalue weighted by atomic mass is 35.5. The molecule has 0 aliphatic carbocycles. The fourth-order valence-electron chi connectivity index (χ4n) is 3.18. The SMILES string of the molecule is Cc1ccccc1C1=NCC(=O)N(CCCS(C)(=O)=O)c2ccc(Cl)cc21. The minimum Gasteiger partial charge on any atom is -0.310 e. The van der Waals surface area contributed by atoms with Crippen molar-refractivity contribution in [2.75, 3.05) is 30.0 Å². The lowest BCUT2D eigenvalue weighted by molar-refractivity contribution is -0.117. The van der Waals surface area contributed by atoms with Gasteiger partial charge in [-0.15, -0.1) is 0 Å². The lowest BCUT2D eigenvalue weighted by atomic mass is 9.96. The second-order valence-corrected chi connectivity index (χ2v) is 9.37. The number of aliphatic imine (C=N–C) groups is 1. The Morgan fingerprint density at radius 1 is 1.15 bits per heavy atom. The topological polar surface area (TPSA) is 66.8 Å². The number of amides is 1. The summed E-state index contributed by atoms with van der Waals surface area (Å²) in [7, 11) is -3.08. The van der Waals surface area contributed by atoms with Gasteiger partial charge in [0.2, 0.25) is 5.91 Å². The maximum absolute atomic E-state index is 12.7. The van der Waals surface area contributed by atoms with Gasteiger partial charge >= 0.3 is 0 Å². The van der Waals surface area contributed by atoms with Gasteiger partial charge in [0.1, 0.15) is 16.4 Å². The number of nitrogens with zero attached hydrogens (tertiary/aromatic N) is 2. The van der Waals surface area contributed by atoms with Gasteiger partial charge < -0.3 is 4.90 Å². The van der Waals surface area contributed by atoms with Crippen molar-refractivity contribution in [1.82, 2.24) is 0 Å². The number of sulfone groups is 1. The molecule has 2 aromatic rings. The molecule has 0 bridgehead atoms. The highest BCUT2D eigenvalue weighted by Crippen LogP contribution is 2.30. The van der Waals surface area contributed by atoms with Gasteiger partial charge in [0.05, 0.1) is 17.2 Å². The van der Waals surface area contributed by atoms with E-state index in [1.54, 1.807) is 17.0 Å². The molecule has 0 saturated heterocycles. The second kappa shape index (κ2) is 7.82. The highest BCUT2D eigenvalue weighted by molar-refractivity contribution is 7.90. The van der Waals surface area contributed by atoms with Crippen LogP contribution in [-0.4, -0.2) is 45.1 Å². The number of carbonyl (C=O) groups excluding carboxylic acids is 1. The van der Waals surface area contributed by atoms with Gasteiger partial charge in [-0.05, 0) is 37.1 Å². The minimum absolute atomic E-state index is 0.00877. The molecule has 0 unspecified atom stereocenters. The molecule has 0 N–H and O–H groups in total. The fraction of sp³-hybridized carbons (Fsp3) is 0.300. The smallest absolute Gasteiger partial charge is 0.248 e. The van der Waals surface area contributed by atoms with Crippen molar-refractivity contribution in [2.24, 2.45) is 4.99 Å². The summed E-state index contributed by atoms with van der Waals surface area (Å²) in [6.07, 6.45) is 1.57. The Hall–Kier alpha value is -2.18. The second-order valence-electron chi connectivity index (χ2n) is 6.67. The number of benzodiazepines with no additional fused rings is 1. The van der Waals surface area contributed by atoms with Gasteiger partial charge in [0, 0.05) is 29.0 Å². The summed E-state index contributed by atoms with van der Waals surface area (Å²) in [5, 5.41) is 0.556. The van der Waals surface area contributed by atoms with Crippen LogP contribution < -0.4 is 4.90 Å². The number of anilines is 1. The normalized spacial score (nSPS) is 14.6. The van der Waals surface area contributed by atoms with E-state index in [-0.39, 0.29) is 18.2 Å². The number of carbonyl (C=O) groups is 1. The molecule has 0 fully saturated rings. The van der Waals surface area contributed by atoms with Crippen LogP contribution in [0.4, 0.5) is 5.69 Å². The summed E-state index contributed by atoms with van der Waals surface area (Å²) in [6.45, 7) is 2.32. The van der Waals surface area contributed by atoms with Gasteiger partial charge in [-0.2, -0.15) is 0 Å². The number of benzene rings is 2. The monoisotopic (exact) mass is 404 g/mol. The van der Waals surface area contributed by atoms with Crippen molar-refractivity contribution < 1.29 is 13.2 Å². The number of fused-ring (bicyclic) bond motifs is 1. The molecule has 1 heterocycles. The van der Waals surface area contributed by atoms with Gasteiger partial charge in [-0.3, -0.25) is 9.79 Å². The molecule has 0 atom stereocenters. The summed E-state index contributed by atoms with van der Waals surface area (Å²) in [5.41, 5.74) is 4.22. The molecule has 0 aromatic heterocycles. The first-order valence-corrected chi connectivity index (χ1v) is 11.1. The van der Waals surface area contributed by atoms with E-state index in [0.29, 0.717) is 23.7 Å². The first kappa shape index (κ1) is 19.6. The molecule has 1 amide bonds. The van der Waals surface area contributed by atoms with Crippen molar-refractivity contribution in [3.8, 4) is 0 Å². The zero-order chi connectivity index (χ0) is 19.6. The molecule has 5 nitrogen and oxygen atoms in total. The molecule has 3 rings (SSSR count). The van der Waals surface area contributed by atoms with Crippen LogP contribution in [0.25, 0.3) is 0 Å². The van der Waals surface area contributed by atoms with Gasteiger partial charge in [-0.1, -0.05) is 35.9 Å². The third-order valence-corrected chi connectivity index (χ3v) is 5.74. The van der Waals surface area contributed by atoms with Crippen LogP contribution in [0, 0.1) is 6.92 Å². The van der Waals surface area contributed by atoms with Crippen LogP contribution in [0.2, 0.25) is 5.02 Å². The van der Waals surface area contributed by atoms with Crippen molar-refractivity contribution >= 4 is 38.7 Å². The van der Waals surface area contributed by atoms with Crippen molar-refractivity contribution in [1.29, 1.82) is 0 Å². The molecule has 27 heavy (non-hydrogen) atoms. The molecule has 7 heteroatoms. The van der Waals surface area contributed by atoms with E-state index in [4.69, 9.17) is 11.6 Å². The molecular weight excluding hydrogens is 384 g/mol. The van der Waals surface area contributed by atoms with Gasteiger partial charge in [0.25, 0.3) is 0 Å². The van der Waals surface area contributed by atoms with E-state index in [1.807, 2.05) is 37.3 Å². The largest absolute Gasteiger partial charge is 0.310 e. The minimum atomic E-state index is -3.08. The van der Waals surface area contributed by atoms with E-state index in [9.17, 15) is 13.2 Å². The number of rotatable bonds is 5. The Balaban J connectivity index is 2.04. The molecule has 0 spiro atoms. The van der Waals surface area contributed by atoms with Crippen LogP contribution in [0.1, 0.15) is 23.1 Å². The average molecular weight is 405 g/mol. The number of aryl methyl sites for hydroxylation is 1. The summed E-state index contributed by atoms with van der Waals surface area (Å²) >= 11 is 6.23. The quantitative estimate of drug-likeness (QED) is 0.768. The van der Waals surface area contributed by atoms with Crippen molar-refractivity contribution in [3.05, 3.63) is 64.2 Å². The average Bonchev–Trinajstić information content (AvgIpc) is 2.72. The van der Waals surface area contributed by atoms with Gasteiger partial charge in [0.15, 0.2) is 0 Å². The molecule has 2 aromatic carbocycles. The van der Waals surface area contributed by atoms with Crippen molar-refractivity contribution in [3.63, 3.8) is 0 Å². The summed E-state index contributed by atoms with van der Waals surface area (Å²) < 4.78 is 22.9. The number of hydrogen-bond acceptors (Lipinski definition) is 4. The molecule has 1 aliphatic rings. The van der Waals surface area contributed by atoms with E-state index in [0.717, 1.165) is 22.4 Å². The zero-order valence-corrected chi connectivity index (χ0v) is 16.8. The van der Waals surface area contributed by atoms with E-state index < -0.39 is 9.84 Å². The van der Waals surface area contributed by atoms with Crippen LogP contribution in [-0.2, 0) is 14.6 Å². The standard InChI is InChI=1S/C20H21ClN2O3S/c1-14-6-3-4-7-16(14)20-17-12-15(21)8-9-18(17)23(19(24)13-22-20)10-5-11-27(2,25)26/h3-4,6-9,12H,5,10-11,13H2,1-2H3. The predicted molar refractivity (Wildman–Crippen MR) is 110 cm³/mol. The third kappa shape index (κ3) is 4.57. The van der Waals surface area contributed by atoms with Crippen LogP contribution in [0.5, 0.6) is 0 Å². The molecule has 0 saturated carbocycles. The Bertz CT molecular complexity index is 1020. The third-order valence-electron chi connectivity index (χ3n) is 4.48. The Morgan fingerprint density at radius 2 is 1.89 bits per heavy atom. The van der Waals surface area contributed by atoms with Gasteiger partial charge in [-0.25, -0.2) is 8.42 Å². The summed E-state index contributed by atoms with van der Waals surface area (Å²) in [5.74, 6) is -0.124. The molecular formula is C20H21ClN2O3S. The maximum atomic E-state index is 12.7. The lowest BCUT2D eigenvalue weighted by Gasteiger charge is -2.23. The lowest BCUT2D eigenvalue weighted by Crippen LogP contribution is -2.34. The predicted octanol–water partition coefficient (Wildman–Crippen LogP) is 3.27. The summed E-state index contributed by atoms with van der Waals surface area (Å²) in [6, 6.07) is 13.2. The maximum Gasteiger partial charge on any atom is 0.248 e. The molecule has 0 radical (unpaired) electrons. The van der Waals surface area contributed by atoms with E-state index in [1.165, 1.54) is 6.26 Å². The molecule has 1 aliphatic heterocycles. The summed E-state index contributed by atoms with van der Waals surface area (Å²) in [4.78, 5) is 18.9. The zero-order valence-electron chi connectivity index (χ0n) is 15.3. The van der Waals surface area contributed by atoms with Crippen LogP contribution in [0.3, 0.4) is 0 Å². The molecule has 142 valence electrons. The Kier molecular flexibility index (Phi) is 5.67. The number of halogens is 1. The Morgan fingerprint density at radius 3 is 2.59 bits per heavy atom. The first-order valence-electron chi connectivity index (χ1n) is 8.65. The fourth-order valence-corrected chi connectivity index (χ4v) is 4.01. The number of hydrogen-bond donors (Lipinski definition) is 0. The van der Waals surface area contributed by atoms with Crippen LogP contribution in [0.15, 0.2) is 47.5 Å². The Labute approximate surface area is 164 Å². The van der Waals surface area contributed by atoms with Crippen LogP contribution >= 0.6 is 11.6 Å². The first-order chi connectivity index (χ1) is 12.8.